The van der Waals surface area contributed by atoms with E-state index in [0.717, 1.165) is 12.1 Å². The fraction of sp³-hybridized carbons (Fsp3) is 0.455. The molecule has 0 aliphatic rings. The Labute approximate surface area is 189 Å². The van der Waals surface area contributed by atoms with Crippen LogP contribution in [0.15, 0.2) is 36.7 Å². The van der Waals surface area contributed by atoms with E-state index in [4.69, 9.17) is 9.47 Å². The first-order chi connectivity index (χ1) is 15.7. The molecule has 180 valence electrons. The monoisotopic (exact) mass is 468 g/mol. The summed E-state index contributed by atoms with van der Waals surface area (Å²) in [5.74, 6) is -0.131. The van der Waals surface area contributed by atoms with Crippen LogP contribution in [0, 0.1) is 0 Å². The summed E-state index contributed by atoms with van der Waals surface area (Å²) >= 11 is 0. The van der Waals surface area contributed by atoms with Gasteiger partial charge in [-0.1, -0.05) is 6.92 Å². The second-order valence-electron chi connectivity index (χ2n) is 7.08. The van der Waals surface area contributed by atoms with Crippen molar-refractivity contribution in [2.45, 2.75) is 51.7 Å². The van der Waals surface area contributed by atoms with E-state index >= 15 is 0 Å². The lowest BCUT2D eigenvalue weighted by atomic mass is 10.1. The molecule has 0 saturated heterocycles. The molecular weight excluding hydrogens is 441 g/mol. The summed E-state index contributed by atoms with van der Waals surface area (Å²) in [6.45, 7) is 4.23. The minimum Gasteiger partial charge on any atom is -0.490 e. The first-order valence-electron chi connectivity index (χ1n) is 10.5. The van der Waals surface area contributed by atoms with E-state index in [1.807, 2.05) is 6.92 Å². The highest BCUT2D eigenvalue weighted by molar-refractivity contribution is 5.89. The molecule has 0 aliphatic carbocycles. The van der Waals surface area contributed by atoms with Crippen molar-refractivity contribution in [3.8, 4) is 5.75 Å². The summed E-state index contributed by atoms with van der Waals surface area (Å²) in [4.78, 5) is 31.6. The molecule has 0 bridgehead atoms. The zero-order valence-corrected chi connectivity index (χ0v) is 18.4. The molecule has 2 N–H and O–H groups in total. The second-order valence-corrected chi connectivity index (χ2v) is 7.08. The number of nitrogens with one attached hydrogen (secondary N) is 2. The Kier molecular flexibility index (Phi) is 9.89. The number of ether oxygens (including phenoxy) is 2. The Morgan fingerprint density at radius 1 is 1.09 bits per heavy atom. The summed E-state index contributed by atoms with van der Waals surface area (Å²) in [6, 6.07) is 4.35. The van der Waals surface area contributed by atoms with Gasteiger partial charge < -0.3 is 14.8 Å². The van der Waals surface area contributed by atoms with E-state index in [-0.39, 0.29) is 36.7 Å². The number of amides is 1. The summed E-state index contributed by atoms with van der Waals surface area (Å²) in [6.07, 6.45) is -0.189. The van der Waals surface area contributed by atoms with Crippen LogP contribution >= 0.6 is 0 Å². The van der Waals surface area contributed by atoms with Crippen LogP contribution in [0.4, 0.5) is 24.8 Å². The maximum absolute atomic E-state index is 12.7. The van der Waals surface area contributed by atoms with Crippen molar-refractivity contribution in [1.29, 1.82) is 0 Å². The van der Waals surface area contributed by atoms with Gasteiger partial charge in [0.1, 0.15) is 0 Å². The summed E-state index contributed by atoms with van der Waals surface area (Å²) in [5.41, 5.74) is -0.245. The molecule has 2 aromatic rings. The van der Waals surface area contributed by atoms with Crippen molar-refractivity contribution in [2.75, 3.05) is 23.8 Å². The van der Waals surface area contributed by atoms with Gasteiger partial charge in [-0.2, -0.15) is 13.2 Å². The molecule has 0 spiro atoms. The van der Waals surface area contributed by atoms with Gasteiger partial charge in [0.25, 0.3) is 0 Å². The average Bonchev–Trinajstić information content (AvgIpc) is 2.77. The number of esters is 1. The maximum atomic E-state index is 12.7. The van der Waals surface area contributed by atoms with Crippen LogP contribution in [0.2, 0.25) is 0 Å². The van der Waals surface area contributed by atoms with Crippen LogP contribution in [-0.2, 0) is 20.5 Å². The Morgan fingerprint density at radius 3 is 2.33 bits per heavy atom. The Bertz CT molecular complexity index is 890. The summed E-state index contributed by atoms with van der Waals surface area (Å²) < 4.78 is 48.3. The third-order valence-electron chi connectivity index (χ3n) is 4.49. The summed E-state index contributed by atoms with van der Waals surface area (Å²) in [5, 5.41) is 5.63. The van der Waals surface area contributed by atoms with Crippen molar-refractivity contribution in [1.82, 2.24) is 9.97 Å². The molecule has 8 nitrogen and oxygen atoms in total. The number of alkyl halides is 3. The number of carbonyl (C=O) groups is 2. The Balaban J connectivity index is 1.78. The first-order valence-corrected chi connectivity index (χ1v) is 10.5. The van der Waals surface area contributed by atoms with Crippen LogP contribution in [0.25, 0.3) is 0 Å². The van der Waals surface area contributed by atoms with Gasteiger partial charge in [0.05, 0.1) is 31.2 Å². The normalized spacial score (nSPS) is 12.0. The largest absolute Gasteiger partial charge is 0.490 e. The van der Waals surface area contributed by atoms with Crippen LogP contribution < -0.4 is 15.4 Å². The minimum absolute atomic E-state index is 0.0764. The van der Waals surface area contributed by atoms with Gasteiger partial charge in [-0.05, 0) is 44.0 Å². The van der Waals surface area contributed by atoms with Gasteiger partial charge in [0.15, 0.2) is 5.75 Å². The molecule has 0 fully saturated rings. The smallest absolute Gasteiger partial charge is 0.416 e. The molecule has 1 aromatic heterocycles. The van der Waals surface area contributed by atoms with E-state index in [1.54, 1.807) is 6.92 Å². The van der Waals surface area contributed by atoms with Gasteiger partial charge in [0.2, 0.25) is 11.9 Å². The molecule has 1 heterocycles. The van der Waals surface area contributed by atoms with Crippen LogP contribution in [0.5, 0.6) is 5.75 Å². The number of hydrogen-bond acceptors (Lipinski definition) is 7. The van der Waals surface area contributed by atoms with Crippen molar-refractivity contribution in [3.05, 3.63) is 42.2 Å². The molecule has 2 rings (SSSR count). The predicted molar refractivity (Wildman–Crippen MR) is 116 cm³/mol. The predicted octanol–water partition coefficient (Wildman–Crippen LogP) is 4.44. The molecule has 0 saturated carbocycles. The second kappa shape index (κ2) is 12.6. The third kappa shape index (κ3) is 9.34. The molecule has 1 atom stereocenters. The Morgan fingerprint density at radius 2 is 1.76 bits per heavy atom. The molecule has 1 aromatic carbocycles. The number of carbonyl (C=O) groups excluding carboxylic acids is 2. The van der Waals surface area contributed by atoms with Gasteiger partial charge >= 0.3 is 12.1 Å². The maximum Gasteiger partial charge on any atom is 0.416 e. The van der Waals surface area contributed by atoms with Crippen molar-refractivity contribution in [3.63, 3.8) is 0 Å². The standard InChI is InChI=1S/C22H27F3N4O4/c1-3-16(28-17-9-7-15(8-10-17)22(23,24)25)12-19(30)29-21-26-13-18(14-27-21)33-11-5-6-20(31)32-4-2/h7-10,13-14,16,28H,3-6,11-12H2,1-2H3,(H,26,27,29,30). The van der Waals surface area contributed by atoms with Crippen molar-refractivity contribution >= 4 is 23.5 Å². The fourth-order valence-corrected chi connectivity index (χ4v) is 2.78. The molecule has 0 radical (unpaired) electrons. The number of halogens is 3. The molecule has 0 aliphatic heterocycles. The number of nitrogens with zero attached hydrogens (tertiary/aromatic N) is 2. The highest BCUT2D eigenvalue weighted by atomic mass is 19.4. The van der Waals surface area contributed by atoms with Crippen molar-refractivity contribution < 1.29 is 32.2 Å². The van der Waals surface area contributed by atoms with E-state index < -0.39 is 11.7 Å². The SMILES string of the molecule is CCOC(=O)CCCOc1cnc(NC(=O)CC(CC)Nc2ccc(C(F)(F)F)cc2)nc1. The fourth-order valence-electron chi connectivity index (χ4n) is 2.78. The molecule has 11 heteroatoms. The lowest BCUT2D eigenvalue weighted by Gasteiger charge is -2.18. The number of anilines is 2. The van der Waals surface area contributed by atoms with Gasteiger partial charge in [-0.3, -0.25) is 14.9 Å². The zero-order chi connectivity index (χ0) is 24.3. The lowest BCUT2D eigenvalue weighted by molar-refractivity contribution is -0.143. The lowest BCUT2D eigenvalue weighted by Crippen LogP contribution is -2.26. The molecule has 33 heavy (non-hydrogen) atoms. The van der Waals surface area contributed by atoms with Gasteiger partial charge in [-0.25, -0.2) is 9.97 Å². The highest BCUT2D eigenvalue weighted by Crippen LogP contribution is 2.30. The average molecular weight is 468 g/mol. The Hall–Kier alpha value is -3.37. The van der Waals surface area contributed by atoms with Gasteiger partial charge in [-0.15, -0.1) is 0 Å². The topological polar surface area (TPSA) is 102 Å². The quantitative estimate of drug-likeness (QED) is 0.351. The van der Waals surface area contributed by atoms with E-state index in [2.05, 4.69) is 20.6 Å². The third-order valence-corrected chi connectivity index (χ3v) is 4.49. The number of benzene rings is 1. The number of rotatable bonds is 12. The molecule has 1 amide bonds. The number of hydrogen-bond donors (Lipinski definition) is 2. The zero-order valence-electron chi connectivity index (χ0n) is 18.4. The number of aromatic nitrogens is 2. The van der Waals surface area contributed by atoms with Gasteiger partial charge in [0, 0.05) is 24.6 Å². The van der Waals surface area contributed by atoms with Crippen molar-refractivity contribution in [2.24, 2.45) is 0 Å². The summed E-state index contributed by atoms with van der Waals surface area (Å²) in [7, 11) is 0. The molecular formula is C22H27F3N4O4. The van der Waals surface area contributed by atoms with E-state index in [0.29, 0.717) is 37.5 Å². The molecule has 1 unspecified atom stereocenters. The van der Waals surface area contributed by atoms with Crippen LogP contribution in [-0.4, -0.2) is 41.1 Å². The van der Waals surface area contributed by atoms with Crippen LogP contribution in [0.1, 0.15) is 45.1 Å². The first kappa shape index (κ1) is 25.9. The minimum atomic E-state index is -4.40. The van der Waals surface area contributed by atoms with Crippen LogP contribution in [0.3, 0.4) is 0 Å². The van der Waals surface area contributed by atoms with E-state index in [1.165, 1.54) is 24.5 Å². The highest BCUT2D eigenvalue weighted by Gasteiger charge is 2.30. The van der Waals surface area contributed by atoms with E-state index in [9.17, 15) is 22.8 Å².